The van der Waals surface area contributed by atoms with Gasteiger partial charge in [-0.2, -0.15) is 0 Å². The van der Waals surface area contributed by atoms with Gasteiger partial charge in [0.2, 0.25) is 0 Å². The number of fused-ring (bicyclic) bond motifs is 1. The standard InChI is InChI=1S/C15H22O2/c1-10(2)13-9-15(3,4)17-14-7-6-11(16-5)8-12(13)14/h6-8,10,13H,9H2,1-5H3. The predicted octanol–water partition coefficient (Wildman–Crippen LogP) is 4.00. The van der Waals surface area contributed by atoms with E-state index in [9.17, 15) is 0 Å². The van der Waals surface area contributed by atoms with Crippen LogP contribution in [-0.4, -0.2) is 12.7 Å². The average molecular weight is 234 g/mol. The second-order valence-corrected chi connectivity index (χ2v) is 5.82. The van der Waals surface area contributed by atoms with Crippen molar-refractivity contribution in [1.29, 1.82) is 0 Å². The van der Waals surface area contributed by atoms with E-state index < -0.39 is 0 Å². The van der Waals surface area contributed by atoms with Gasteiger partial charge in [0, 0.05) is 5.56 Å². The zero-order chi connectivity index (χ0) is 12.6. The Kier molecular flexibility index (Phi) is 3.07. The minimum Gasteiger partial charge on any atom is -0.497 e. The molecule has 0 bridgehead atoms. The molecule has 2 nitrogen and oxygen atoms in total. The molecule has 1 atom stereocenters. The van der Waals surface area contributed by atoms with Gasteiger partial charge in [-0.1, -0.05) is 13.8 Å². The third-order valence-corrected chi connectivity index (χ3v) is 3.52. The predicted molar refractivity (Wildman–Crippen MR) is 69.9 cm³/mol. The van der Waals surface area contributed by atoms with E-state index in [1.807, 2.05) is 12.1 Å². The van der Waals surface area contributed by atoms with Gasteiger partial charge in [-0.15, -0.1) is 0 Å². The third-order valence-electron chi connectivity index (χ3n) is 3.52. The fraction of sp³-hybridized carbons (Fsp3) is 0.600. The van der Waals surface area contributed by atoms with Crippen molar-refractivity contribution in [2.45, 2.75) is 45.6 Å². The lowest BCUT2D eigenvalue weighted by atomic mass is 9.78. The fourth-order valence-corrected chi connectivity index (χ4v) is 2.61. The number of methoxy groups -OCH3 is 1. The van der Waals surface area contributed by atoms with Crippen LogP contribution < -0.4 is 9.47 Å². The first-order valence-corrected chi connectivity index (χ1v) is 6.30. The second kappa shape index (κ2) is 4.25. The van der Waals surface area contributed by atoms with E-state index in [-0.39, 0.29) is 5.60 Å². The van der Waals surface area contributed by atoms with Gasteiger partial charge < -0.3 is 9.47 Å². The van der Waals surface area contributed by atoms with Crippen LogP contribution in [0.1, 0.15) is 45.6 Å². The molecule has 2 rings (SSSR count). The summed E-state index contributed by atoms with van der Waals surface area (Å²) in [6, 6.07) is 6.12. The first-order chi connectivity index (χ1) is 7.93. The molecule has 0 fully saturated rings. The summed E-state index contributed by atoms with van der Waals surface area (Å²) >= 11 is 0. The molecule has 94 valence electrons. The smallest absolute Gasteiger partial charge is 0.123 e. The summed E-state index contributed by atoms with van der Waals surface area (Å²) < 4.78 is 11.3. The van der Waals surface area contributed by atoms with Crippen molar-refractivity contribution in [1.82, 2.24) is 0 Å². The lowest BCUT2D eigenvalue weighted by Crippen LogP contribution is -2.36. The second-order valence-electron chi connectivity index (χ2n) is 5.82. The highest BCUT2D eigenvalue weighted by Gasteiger charge is 2.35. The molecule has 1 aromatic carbocycles. The molecule has 1 aromatic rings. The number of hydrogen-bond donors (Lipinski definition) is 0. The van der Waals surface area contributed by atoms with Gasteiger partial charge in [0.15, 0.2) is 0 Å². The largest absolute Gasteiger partial charge is 0.497 e. The molecule has 2 heteroatoms. The van der Waals surface area contributed by atoms with Gasteiger partial charge in [-0.3, -0.25) is 0 Å². The van der Waals surface area contributed by atoms with Crippen molar-refractivity contribution in [2.75, 3.05) is 7.11 Å². The molecule has 0 N–H and O–H groups in total. The number of hydrogen-bond acceptors (Lipinski definition) is 2. The lowest BCUT2D eigenvalue weighted by molar-refractivity contribution is 0.0638. The highest BCUT2D eigenvalue weighted by molar-refractivity contribution is 5.44. The highest BCUT2D eigenvalue weighted by Crippen LogP contribution is 2.45. The first-order valence-electron chi connectivity index (χ1n) is 6.30. The monoisotopic (exact) mass is 234 g/mol. The van der Waals surface area contributed by atoms with E-state index >= 15 is 0 Å². The molecule has 1 heterocycles. The summed E-state index contributed by atoms with van der Waals surface area (Å²) in [5.41, 5.74) is 1.22. The SMILES string of the molecule is COc1ccc2c(c1)C(C(C)C)CC(C)(C)O2. The molecule has 0 aromatic heterocycles. The van der Waals surface area contributed by atoms with Crippen molar-refractivity contribution in [2.24, 2.45) is 5.92 Å². The molecule has 1 aliphatic rings. The number of ether oxygens (including phenoxy) is 2. The molecule has 0 aliphatic carbocycles. The molecule has 1 unspecified atom stereocenters. The Labute approximate surface area is 104 Å². The Morgan fingerprint density at radius 1 is 1.35 bits per heavy atom. The van der Waals surface area contributed by atoms with E-state index in [0.717, 1.165) is 17.9 Å². The van der Waals surface area contributed by atoms with Crippen LogP contribution >= 0.6 is 0 Å². The van der Waals surface area contributed by atoms with Crippen molar-refractivity contribution in [3.8, 4) is 11.5 Å². The van der Waals surface area contributed by atoms with Crippen LogP contribution in [0.3, 0.4) is 0 Å². The quantitative estimate of drug-likeness (QED) is 0.770. The fourth-order valence-electron chi connectivity index (χ4n) is 2.61. The molecule has 0 saturated carbocycles. The third kappa shape index (κ3) is 2.41. The summed E-state index contributed by atoms with van der Waals surface area (Å²) in [4.78, 5) is 0. The Balaban J connectivity index is 2.45. The van der Waals surface area contributed by atoms with Crippen molar-refractivity contribution >= 4 is 0 Å². The molecule has 1 aliphatic heterocycles. The van der Waals surface area contributed by atoms with Crippen LogP contribution in [0.15, 0.2) is 18.2 Å². The maximum atomic E-state index is 6.04. The Morgan fingerprint density at radius 3 is 2.65 bits per heavy atom. The van der Waals surface area contributed by atoms with Gasteiger partial charge in [0.25, 0.3) is 0 Å². The van der Waals surface area contributed by atoms with Gasteiger partial charge in [0.05, 0.1) is 7.11 Å². The molecular formula is C15H22O2. The molecule has 0 amide bonds. The van der Waals surface area contributed by atoms with Crippen LogP contribution in [0.4, 0.5) is 0 Å². The van der Waals surface area contributed by atoms with E-state index in [0.29, 0.717) is 11.8 Å². The Hall–Kier alpha value is -1.18. The summed E-state index contributed by atoms with van der Waals surface area (Å²) in [7, 11) is 1.71. The normalized spacial score (nSPS) is 21.9. The zero-order valence-electron chi connectivity index (χ0n) is 11.4. The van der Waals surface area contributed by atoms with Crippen LogP contribution in [-0.2, 0) is 0 Å². The minimum absolute atomic E-state index is 0.0729. The van der Waals surface area contributed by atoms with Crippen LogP contribution in [0.25, 0.3) is 0 Å². The van der Waals surface area contributed by atoms with Gasteiger partial charge in [-0.05, 0) is 50.3 Å². The summed E-state index contributed by atoms with van der Waals surface area (Å²) in [5, 5.41) is 0. The maximum Gasteiger partial charge on any atom is 0.123 e. The van der Waals surface area contributed by atoms with E-state index in [4.69, 9.17) is 9.47 Å². The maximum absolute atomic E-state index is 6.04. The molecule has 17 heavy (non-hydrogen) atoms. The highest BCUT2D eigenvalue weighted by atomic mass is 16.5. The van der Waals surface area contributed by atoms with Gasteiger partial charge in [0.1, 0.15) is 17.1 Å². The number of benzene rings is 1. The van der Waals surface area contributed by atoms with E-state index in [1.165, 1.54) is 5.56 Å². The van der Waals surface area contributed by atoms with E-state index in [2.05, 4.69) is 33.8 Å². The topological polar surface area (TPSA) is 18.5 Å². The van der Waals surface area contributed by atoms with Crippen molar-refractivity contribution in [3.05, 3.63) is 23.8 Å². The molecule has 0 radical (unpaired) electrons. The van der Waals surface area contributed by atoms with Crippen molar-refractivity contribution in [3.63, 3.8) is 0 Å². The molecule has 0 spiro atoms. The average Bonchev–Trinajstić information content (AvgIpc) is 2.26. The van der Waals surface area contributed by atoms with Crippen molar-refractivity contribution < 1.29 is 9.47 Å². The van der Waals surface area contributed by atoms with Crippen LogP contribution in [0.2, 0.25) is 0 Å². The zero-order valence-corrected chi connectivity index (χ0v) is 11.4. The van der Waals surface area contributed by atoms with Crippen LogP contribution in [0.5, 0.6) is 11.5 Å². The van der Waals surface area contributed by atoms with Gasteiger partial charge >= 0.3 is 0 Å². The van der Waals surface area contributed by atoms with Gasteiger partial charge in [-0.25, -0.2) is 0 Å². The molecule has 0 saturated heterocycles. The summed E-state index contributed by atoms with van der Waals surface area (Å²) in [5.74, 6) is 3.09. The molecular weight excluding hydrogens is 212 g/mol. The van der Waals surface area contributed by atoms with E-state index in [1.54, 1.807) is 7.11 Å². The number of rotatable bonds is 2. The Bertz CT molecular complexity index is 407. The first kappa shape index (κ1) is 12.3. The summed E-state index contributed by atoms with van der Waals surface area (Å²) in [6.07, 6.45) is 1.06. The Morgan fingerprint density at radius 2 is 2.06 bits per heavy atom. The lowest BCUT2D eigenvalue weighted by Gasteiger charge is -2.39. The minimum atomic E-state index is -0.0729. The summed E-state index contributed by atoms with van der Waals surface area (Å²) in [6.45, 7) is 8.87. The van der Waals surface area contributed by atoms with Crippen LogP contribution in [0, 0.1) is 5.92 Å².